The summed E-state index contributed by atoms with van der Waals surface area (Å²) in [5, 5.41) is 5.81. The zero-order valence-electron chi connectivity index (χ0n) is 16.2. The first kappa shape index (κ1) is 19.0. The molecule has 142 valence electrons. The van der Waals surface area contributed by atoms with E-state index in [0.717, 1.165) is 18.5 Å². The maximum Gasteiger partial charge on any atom is 0.322 e. The summed E-state index contributed by atoms with van der Waals surface area (Å²) in [4.78, 5) is 26.2. The minimum atomic E-state index is -0.131. The molecule has 2 N–H and O–H groups in total. The Morgan fingerprint density at radius 2 is 1.67 bits per heavy atom. The largest absolute Gasteiger partial charge is 0.326 e. The Labute approximate surface area is 160 Å². The summed E-state index contributed by atoms with van der Waals surface area (Å²) in [6.07, 6.45) is 2.44. The molecule has 1 aliphatic rings. The molecule has 0 radical (unpaired) electrons. The first-order chi connectivity index (χ1) is 12.9. The van der Waals surface area contributed by atoms with Crippen LogP contribution in [0.2, 0.25) is 0 Å². The lowest BCUT2D eigenvalue weighted by Crippen LogP contribution is -2.34. The number of aryl methyl sites for hydroxylation is 1. The van der Waals surface area contributed by atoms with E-state index in [4.69, 9.17) is 0 Å². The lowest BCUT2D eigenvalue weighted by Gasteiger charge is -2.25. The van der Waals surface area contributed by atoms with Gasteiger partial charge in [-0.1, -0.05) is 38.1 Å². The number of hydrogen-bond acceptors (Lipinski definition) is 2. The van der Waals surface area contributed by atoms with Crippen LogP contribution < -0.4 is 10.6 Å². The predicted molar refractivity (Wildman–Crippen MR) is 109 cm³/mol. The highest BCUT2D eigenvalue weighted by atomic mass is 16.2. The molecule has 0 saturated heterocycles. The normalized spacial score (nSPS) is 15.3. The molecule has 0 spiro atoms. The van der Waals surface area contributed by atoms with E-state index in [1.54, 1.807) is 29.2 Å². The highest BCUT2D eigenvalue weighted by Gasteiger charge is 2.28. The Hall–Kier alpha value is -2.82. The van der Waals surface area contributed by atoms with Crippen molar-refractivity contribution in [2.45, 2.75) is 39.2 Å². The van der Waals surface area contributed by atoms with Crippen molar-refractivity contribution in [3.05, 3.63) is 59.7 Å². The minimum Gasteiger partial charge on any atom is -0.326 e. The molecule has 2 aromatic carbocycles. The average molecular weight is 365 g/mol. The van der Waals surface area contributed by atoms with E-state index < -0.39 is 0 Å². The van der Waals surface area contributed by atoms with Crippen molar-refractivity contribution in [3.63, 3.8) is 0 Å². The average Bonchev–Trinajstić information content (AvgIpc) is 3.06. The Bertz CT molecular complexity index is 815. The molecule has 1 unspecified atom stereocenters. The third-order valence-corrected chi connectivity index (χ3v) is 4.90. The van der Waals surface area contributed by atoms with Gasteiger partial charge in [0.05, 0.1) is 6.04 Å². The first-order valence-corrected chi connectivity index (χ1v) is 9.45. The smallest absolute Gasteiger partial charge is 0.322 e. The summed E-state index contributed by atoms with van der Waals surface area (Å²) in [5.74, 6) is 0.321. The number of nitrogens with one attached hydrogen (secondary N) is 2. The van der Waals surface area contributed by atoms with Gasteiger partial charge in [-0.25, -0.2) is 4.79 Å². The maximum absolute atomic E-state index is 12.6. The number of nitrogens with zero attached hydrogens (tertiary/aromatic N) is 1. The minimum absolute atomic E-state index is 0.00131. The number of carbonyl (C=O) groups is 2. The van der Waals surface area contributed by atoms with Gasteiger partial charge in [-0.3, -0.25) is 4.79 Å². The first-order valence-electron chi connectivity index (χ1n) is 9.45. The van der Waals surface area contributed by atoms with Crippen LogP contribution in [0.4, 0.5) is 16.2 Å². The highest BCUT2D eigenvalue weighted by Crippen LogP contribution is 2.35. The van der Waals surface area contributed by atoms with Crippen molar-refractivity contribution in [1.29, 1.82) is 0 Å². The molecule has 0 heterocycles. The van der Waals surface area contributed by atoms with E-state index in [9.17, 15) is 9.59 Å². The summed E-state index contributed by atoms with van der Waals surface area (Å²) in [6.45, 7) is 4.02. The van der Waals surface area contributed by atoms with Crippen LogP contribution in [-0.2, 0) is 11.2 Å². The van der Waals surface area contributed by atoms with Crippen LogP contribution in [0.5, 0.6) is 0 Å². The van der Waals surface area contributed by atoms with Crippen molar-refractivity contribution in [1.82, 2.24) is 4.90 Å². The van der Waals surface area contributed by atoms with Gasteiger partial charge in [0.2, 0.25) is 5.91 Å². The molecule has 0 saturated carbocycles. The number of carbonyl (C=O) groups excluding carboxylic acids is 2. The summed E-state index contributed by atoms with van der Waals surface area (Å²) < 4.78 is 0. The second kappa shape index (κ2) is 8.25. The van der Waals surface area contributed by atoms with Crippen LogP contribution in [0.1, 0.15) is 43.9 Å². The molecule has 0 aromatic heterocycles. The van der Waals surface area contributed by atoms with E-state index in [1.165, 1.54) is 11.1 Å². The Morgan fingerprint density at radius 1 is 1.04 bits per heavy atom. The number of fused-ring (bicyclic) bond motifs is 1. The van der Waals surface area contributed by atoms with E-state index in [0.29, 0.717) is 18.0 Å². The van der Waals surface area contributed by atoms with Crippen molar-refractivity contribution >= 4 is 23.3 Å². The Kier molecular flexibility index (Phi) is 5.79. The topological polar surface area (TPSA) is 61.4 Å². The van der Waals surface area contributed by atoms with E-state index >= 15 is 0 Å². The molecule has 1 atom stereocenters. The van der Waals surface area contributed by atoms with Crippen LogP contribution in [0, 0.1) is 5.92 Å². The number of urea groups is 1. The molecule has 3 rings (SSSR count). The second-order valence-electron chi connectivity index (χ2n) is 7.52. The summed E-state index contributed by atoms with van der Waals surface area (Å²) in [7, 11) is 1.84. The molecule has 0 bridgehead atoms. The van der Waals surface area contributed by atoms with Crippen molar-refractivity contribution in [2.24, 2.45) is 5.92 Å². The molecule has 0 fully saturated rings. The van der Waals surface area contributed by atoms with Gasteiger partial charge in [-0.05, 0) is 54.2 Å². The summed E-state index contributed by atoms with van der Waals surface area (Å²) in [5.41, 5.74) is 4.00. The van der Waals surface area contributed by atoms with Gasteiger partial charge in [-0.15, -0.1) is 0 Å². The summed E-state index contributed by atoms with van der Waals surface area (Å²) >= 11 is 0. The van der Waals surface area contributed by atoms with Crippen LogP contribution >= 0.6 is 0 Å². The van der Waals surface area contributed by atoms with Crippen molar-refractivity contribution < 1.29 is 9.59 Å². The van der Waals surface area contributed by atoms with E-state index in [-0.39, 0.29) is 18.0 Å². The number of hydrogen-bond donors (Lipinski definition) is 2. The van der Waals surface area contributed by atoms with Crippen LogP contribution in [0.3, 0.4) is 0 Å². The second-order valence-corrected chi connectivity index (χ2v) is 7.52. The van der Waals surface area contributed by atoms with Gasteiger partial charge < -0.3 is 15.5 Å². The van der Waals surface area contributed by atoms with Gasteiger partial charge in [-0.2, -0.15) is 0 Å². The fourth-order valence-electron chi connectivity index (χ4n) is 3.51. The molecule has 1 aliphatic carbocycles. The maximum atomic E-state index is 12.6. The van der Waals surface area contributed by atoms with Crippen LogP contribution in [0.15, 0.2) is 48.5 Å². The quantitative estimate of drug-likeness (QED) is 0.798. The van der Waals surface area contributed by atoms with Crippen LogP contribution in [-0.4, -0.2) is 23.9 Å². The molecule has 5 heteroatoms. The highest BCUT2D eigenvalue weighted by molar-refractivity contribution is 5.92. The SMILES string of the molecule is CC(C)CC(=O)Nc1ccc(NC(=O)N(C)C2CCc3ccccc32)cc1. The third-order valence-electron chi connectivity index (χ3n) is 4.90. The monoisotopic (exact) mass is 365 g/mol. The molecular weight excluding hydrogens is 338 g/mol. The molecule has 5 nitrogen and oxygen atoms in total. The molecule has 27 heavy (non-hydrogen) atoms. The Morgan fingerprint density at radius 3 is 2.33 bits per heavy atom. The zero-order chi connectivity index (χ0) is 19.4. The number of anilines is 2. The number of amides is 3. The number of rotatable bonds is 5. The lowest BCUT2D eigenvalue weighted by atomic mass is 10.1. The molecule has 2 aromatic rings. The third kappa shape index (κ3) is 4.67. The fourth-order valence-corrected chi connectivity index (χ4v) is 3.51. The molecule has 0 aliphatic heterocycles. The fraction of sp³-hybridized carbons (Fsp3) is 0.364. The predicted octanol–water partition coefficient (Wildman–Crippen LogP) is 4.82. The zero-order valence-corrected chi connectivity index (χ0v) is 16.2. The van der Waals surface area contributed by atoms with Gasteiger partial charge in [0, 0.05) is 24.8 Å². The van der Waals surface area contributed by atoms with Crippen molar-refractivity contribution in [2.75, 3.05) is 17.7 Å². The van der Waals surface area contributed by atoms with E-state index in [2.05, 4.69) is 22.8 Å². The number of benzene rings is 2. The van der Waals surface area contributed by atoms with Gasteiger partial charge in [0.15, 0.2) is 0 Å². The molecule has 3 amide bonds. The van der Waals surface area contributed by atoms with Crippen molar-refractivity contribution in [3.8, 4) is 0 Å². The van der Waals surface area contributed by atoms with Gasteiger partial charge in [0.1, 0.15) is 0 Å². The lowest BCUT2D eigenvalue weighted by molar-refractivity contribution is -0.116. The van der Waals surface area contributed by atoms with E-state index in [1.807, 2.05) is 33.0 Å². The molecular formula is C22H27N3O2. The van der Waals surface area contributed by atoms with Crippen LogP contribution in [0.25, 0.3) is 0 Å². The standard InChI is InChI=1S/C22H27N3O2/c1-15(2)14-21(26)23-17-9-11-18(12-10-17)24-22(27)25(3)20-13-8-16-6-4-5-7-19(16)20/h4-7,9-12,15,20H,8,13-14H2,1-3H3,(H,23,26)(H,24,27). The van der Waals surface area contributed by atoms with Gasteiger partial charge >= 0.3 is 6.03 Å². The van der Waals surface area contributed by atoms with Gasteiger partial charge in [0.25, 0.3) is 0 Å². The Balaban J connectivity index is 1.59. The summed E-state index contributed by atoms with van der Waals surface area (Å²) in [6, 6.07) is 15.5.